The molecule has 1 fully saturated rings. The lowest BCUT2D eigenvalue weighted by atomic mass is 9.70. The van der Waals surface area contributed by atoms with Crippen LogP contribution in [-0.4, -0.2) is 31.0 Å². The summed E-state index contributed by atoms with van der Waals surface area (Å²) in [5.41, 5.74) is 5.56. The lowest BCUT2D eigenvalue weighted by molar-refractivity contribution is 0.103. The Kier molecular flexibility index (Phi) is 4.23. The average molecular weight is 399 g/mol. The van der Waals surface area contributed by atoms with Crippen molar-refractivity contribution in [1.29, 1.82) is 5.26 Å². The molecule has 2 aromatic carbocycles. The molecule has 0 amide bonds. The molecule has 0 unspecified atom stereocenters. The molecule has 2 heterocycles. The van der Waals surface area contributed by atoms with Crippen LogP contribution < -0.4 is 10.1 Å². The molecule has 30 heavy (non-hydrogen) atoms. The highest BCUT2D eigenvalue weighted by molar-refractivity contribution is 6.20. The van der Waals surface area contributed by atoms with Gasteiger partial charge in [0, 0.05) is 27.6 Å². The molecule has 0 bridgehead atoms. The third-order valence-corrected chi connectivity index (χ3v) is 6.85. The maximum atomic E-state index is 13.7. The number of nitrogens with zero attached hydrogens (tertiary/aromatic N) is 1. The average Bonchev–Trinajstić information content (AvgIpc) is 3.17. The number of H-pyrrole nitrogens is 1. The van der Waals surface area contributed by atoms with Gasteiger partial charge in [-0.1, -0.05) is 19.9 Å². The molecule has 0 saturated carbocycles. The Morgan fingerprint density at radius 3 is 2.63 bits per heavy atom. The second-order valence-electron chi connectivity index (χ2n) is 8.87. The molecule has 1 aliphatic carbocycles. The molecule has 0 radical (unpaired) electrons. The summed E-state index contributed by atoms with van der Waals surface area (Å²) in [6.45, 7) is 6.25. The molecule has 152 valence electrons. The van der Waals surface area contributed by atoms with Crippen LogP contribution in [0.3, 0.4) is 0 Å². The minimum absolute atomic E-state index is 0.0492. The summed E-state index contributed by atoms with van der Waals surface area (Å²) in [5, 5.41) is 13.6. The Hall–Kier alpha value is -3.10. The van der Waals surface area contributed by atoms with Crippen LogP contribution in [0.1, 0.15) is 70.9 Å². The highest BCUT2D eigenvalue weighted by Crippen LogP contribution is 2.47. The number of aromatic nitrogens is 1. The van der Waals surface area contributed by atoms with Crippen LogP contribution in [0.15, 0.2) is 30.3 Å². The largest absolute Gasteiger partial charge is 0.496 e. The van der Waals surface area contributed by atoms with E-state index < -0.39 is 0 Å². The summed E-state index contributed by atoms with van der Waals surface area (Å²) >= 11 is 0. The fourth-order valence-electron chi connectivity index (χ4n) is 5.17. The van der Waals surface area contributed by atoms with Crippen molar-refractivity contribution in [1.82, 2.24) is 10.3 Å². The number of benzene rings is 2. The van der Waals surface area contributed by atoms with Crippen LogP contribution in [0.4, 0.5) is 0 Å². The van der Waals surface area contributed by atoms with Crippen molar-refractivity contribution in [2.24, 2.45) is 0 Å². The lowest BCUT2D eigenvalue weighted by Crippen LogP contribution is -2.31. The van der Waals surface area contributed by atoms with Gasteiger partial charge in [-0.3, -0.25) is 4.79 Å². The molecular formula is C25H25N3O2. The van der Waals surface area contributed by atoms with Crippen molar-refractivity contribution in [3.05, 3.63) is 63.8 Å². The molecule has 3 aromatic rings. The minimum Gasteiger partial charge on any atom is -0.496 e. The summed E-state index contributed by atoms with van der Waals surface area (Å²) in [4.78, 5) is 17.2. The molecule has 0 spiro atoms. The highest BCUT2D eigenvalue weighted by atomic mass is 16.5. The number of fused-ring (bicyclic) bond motifs is 4. The van der Waals surface area contributed by atoms with E-state index in [2.05, 4.69) is 42.4 Å². The van der Waals surface area contributed by atoms with Crippen molar-refractivity contribution in [3.63, 3.8) is 0 Å². The third kappa shape index (κ3) is 2.60. The van der Waals surface area contributed by atoms with Gasteiger partial charge in [0.2, 0.25) is 0 Å². The number of piperidine rings is 1. The Morgan fingerprint density at radius 1 is 1.17 bits per heavy atom. The number of hydrogen-bond acceptors (Lipinski definition) is 4. The first-order chi connectivity index (χ1) is 14.5. The van der Waals surface area contributed by atoms with E-state index in [9.17, 15) is 10.1 Å². The normalized spacial score (nSPS) is 18.0. The molecule has 1 aliphatic heterocycles. The van der Waals surface area contributed by atoms with Gasteiger partial charge < -0.3 is 15.0 Å². The number of ether oxygens (including phenoxy) is 1. The van der Waals surface area contributed by atoms with E-state index in [4.69, 9.17) is 4.74 Å². The zero-order chi connectivity index (χ0) is 21.0. The molecule has 2 N–H and O–H groups in total. The van der Waals surface area contributed by atoms with Gasteiger partial charge in [-0.15, -0.1) is 0 Å². The van der Waals surface area contributed by atoms with Gasteiger partial charge in [0.05, 0.1) is 24.3 Å². The fraction of sp³-hybridized carbons (Fsp3) is 0.360. The maximum absolute atomic E-state index is 13.7. The van der Waals surface area contributed by atoms with Crippen LogP contribution in [0.2, 0.25) is 0 Å². The van der Waals surface area contributed by atoms with Gasteiger partial charge in [-0.05, 0) is 67.2 Å². The van der Waals surface area contributed by atoms with Crippen molar-refractivity contribution in [3.8, 4) is 11.8 Å². The van der Waals surface area contributed by atoms with Crippen LogP contribution in [-0.2, 0) is 5.41 Å². The van der Waals surface area contributed by atoms with E-state index in [0.717, 1.165) is 70.5 Å². The Labute approximate surface area is 176 Å². The highest BCUT2D eigenvalue weighted by Gasteiger charge is 2.41. The zero-order valence-electron chi connectivity index (χ0n) is 17.6. The predicted molar refractivity (Wildman–Crippen MR) is 116 cm³/mol. The van der Waals surface area contributed by atoms with Gasteiger partial charge in [0.25, 0.3) is 0 Å². The van der Waals surface area contributed by atoms with Gasteiger partial charge >= 0.3 is 0 Å². The molecule has 5 nitrogen and oxygen atoms in total. The fourth-order valence-corrected chi connectivity index (χ4v) is 5.17. The molecular weight excluding hydrogens is 374 g/mol. The number of aromatic amines is 1. The third-order valence-electron chi connectivity index (χ3n) is 6.85. The number of ketones is 1. The first-order valence-corrected chi connectivity index (χ1v) is 10.5. The van der Waals surface area contributed by atoms with E-state index >= 15 is 0 Å². The predicted octanol–water partition coefficient (Wildman–Crippen LogP) is 4.39. The van der Waals surface area contributed by atoms with Gasteiger partial charge in [0.15, 0.2) is 5.78 Å². The number of carbonyl (C=O) groups excluding carboxylic acids is 1. The topological polar surface area (TPSA) is 77.9 Å². The zero-order valence-corrected chi connectivity index (χ0v) is 17.6. The molecule has 1 saturated heterocycles. The number of nitriles is 1. The van der Waals surface area contributed by atoms with Gasteiger partial charge in [-0.25, -0.2) is 0 Å². The van der Waals surface area contributed by atoms with Crippen molar-refractivity contribution >= 4 is 16.7 Å². The Balaban J connectivity index is 1.74. The number of methoxy groups -OCH3 is 1. The minimum atomic E-state index is -0.385. The van der Waals surface area contributed by atoms with Crippen LogP contribution in [0, 0.1) is 11.3 Å². The van der Waals surface area contributed by atoms with E-state index in [1.165, 1.54) is 0 Å². The maximum Gasteiger partial charge on any atom is 0.195 e. The van der Waals surface area contributed by atoms with E-state index in [1.54, 1.807) is 13.2 Å². The Morgan fingerprint density at radius 2 is 1.93 bits per heavy atom. The van der Waals surface area contributed by atoms with Crippen LogP contribution in [0.25, 0.3) is 10.9 Å². The summed E-state index contributed by atoms with van der Waals surface area (Å²) in [6, 6.07) is 11.8. The van der Waals surface area contributed by atoms with Crippen molar-refractivity contribution < 1.29 is 9.53 Å². The number of nitrogens with one attached hydrogen (secondary N) is 2. The molecule has 5 heteroatoms. The quantitative estimate of drug-likeness (QED) is 0.670. The van der Waals surface area contributed by atoms with Crippen molar-refractivity contribution in [2.75, 3.05) is 20.2 Å². The SMILES string of the molecule is COc1cc2c(cc1C1CCNCC1)C(=O)c1c([nH]c3cc(C#N)ccc13)C2(C)C. The van der Waals surface area contributed by atoms with E-state index in [-0.39, 0.29) is 11.2 Å². The standard InChI is InChI=1S/C25H25N3O2/c1-25(2)19-12-21(30-3)17(15-6-8-27-9-7-15)11-18(19)23(29)22-16-5-4-14(13-26)10-20(16)28-24(22)25/h4-5,10-12,15,27-28H,6-9H2,1-3H3. The molecule has 5 rings (SSSR count). The van der Waals surface area contributed by atoms with Crippen LogP contribution >= 0.6 is 0 Å². The molecule has 0 atom stereocenters. The summed E-state index contributed by atoms with van der Waals surface area (Å²) in [5.74, 6) is 1.31. The van der Waals surface area contributed by atoms with Gasteiger partial charge in [-0.2, -0.15) is 5.26 Å². The summed E-state index contributed by atoms with van der Waals surface area (Å²) < 4.78 is 5.79. The second-order valence-corrected chi connectivity index (χ2v) is 8.87. The summed E-state index contributed by atoms with van der Waals surface area (Å²) in [6.07, 6.45) is 2.09. The summed E-state index contributed by atoms with van der Waals surface area (Å²) in [7, 11) is 1.71. The number of hydrogen-bond donors (Lipinski definition) is 2. The van der Waals surface area contributed by atoms with E-state index in [0.29, 0.717) is 11.5 Å². The van der Waals surface area contributed by atoms with Crippen LogP contribution in [0.5, 0.6) is 5.75 Å². The van der Waals surface area contributed by atoms with E-state index in [1.807, 2.05) is 12.1 Å². The number of carbonyl (C=O) groups is 1. The number of rotatable bonds is 2. The molecule has 2 aliphatic rings. The Bertz CT molecular complexity index is 1220. The molecule has 1 aromatic heterocycles. The van der Waals surface area contributed by atoms with Gasteiger partial charge in [0.1, 0.15) is 5.75 Å². The first kappa shape index (κ1) is 18.9. The second kappa shape index (κ2) is 6.72. The first-order valence-electron chi connectivity index (χ1n) is 10.5. The lowest BCUT2D eigenvalue weighted by Gasteiger charge is -2.34. The monoisotopic (exact) mass is 399 g/mol. The van der Waals surface area contributed by atoms with Crippen molar-refractivity contribution in [2.45, 2.75) is 38.0 Å². The smallest absolute Gasteiger partial charge is 0.195 e.